The van der Waals surface area contributed by atoms with Crippen molar-refractivity contribution in [3.63, 3.8) is 0 Å². The Morgan fingerprint density at radius 1 is 1.15 bits per heavy atom. The average molecular weight is 351 g/mol. The van der Waals surface area contributed by atoms with Crippen molar-refractivity contribution >= 4 is 23.1 Å². The summed E-state index contributed by atoms with van der Waals surface area (Å²) in [5, 5.41) is 13.0. The summed E-state index contributed by atoms with van der Waals surface area (Å²) in [6.45, 7) is 0. The highest BCUT2D eigenvalue weighted by Crippen LogP contribution is 2.19. The minimum Gasteiger partial charge on any atom is -0.508 e. The molecule has 0 aliphatic rings. The number of H-pyrrole nitrogens is 1. The van der Waals surface area contributed by atoms with Gasteiger partial charge < -0.3 is 25.9 Å². The van der Waals surface area contributed by atoms with Crippen LogP contribution >= 0.6 is 0 Å². The number of nitrogens with one attached hydrogen (secondary N) is 2. The van der Waals surface area contributed by atoms with Crippen molar-refractivity contribution in [1.29, 1.82) is 0 Å². The van der Waals surface area contributed by atoms with Crippen LogP contribution in [0.4, 0.5) is 0 Å². The zero-order chi connectivity index (χ0) is 18.5. The maximum absolute atomic E-state index is 12.3. The van der Waals surface area contributed by atoms with Crippen LogP contribution < -0.4 is 11.1 Å². The Bertz CT molecular complexity index is 902. The third kappa shape index (κ3) is 4.10. The molecule has 134 valence electrons. The van der Waals surface area contributed by atoms with Gasteiger partial charge in [0.05, 0.1) is 12.1 Å². The molecule has 3 aromatic rings. The van der Waals surface area contributed by atoms with Crippen LogP contribution in [0, 0.1) is 0 Å². The number of aromatic hydroxyl groups is 1. The van der Waals surface area contributed by atoms with Gasteiger partial charge in [0, 0.05) is 23.5 Å². The Hall–Kier alpha value is -3.12. The van der Waals surface area contributed by atoms with Crippen LogP contribution in [0.25, 0.3) is 10.9 Å². The van der Waals surface area contributed by atoms with Crippen LogP contribution in [0.3, 0.4) is 0 Å². The van der Waals surface area contributed by atoms with Crippen molar-refractivity contribution in [2.75, 3.05) is 0 Å². The van der Waals surface area contributed by atoms with Gasteiger partial charge in [-0.1, -0.05) is 30.3 Å². The van der Waals surface area contributed by atoms with Crippen molar-refractivity contribution in [3.8, 4) is 5.75 Å². The van der Waals surface area contributed by atoms with E-state index in [1.165, 1.54) is 0 Å². The number of aldehydes is 1. The Morgan fingerprint density at radius 3 is 2.62 bits per heavy atom. The highest BCUT2D eigenvalue weighted by molar-refractivity contribution is 5.86. The molecule has 6 heteroatoms. The molecule has 0 radical (unpaired) electrons. The zero-order valence-electron chi connectivity index (χ0n) is 14.2. The van der Waals surface area contributed by atoms with Crippen LogP contribution in [-0.4, -0.2) is 34.4 Å². The predicted molar refractivity (Wildman–Crippen MR) is 99.8 cm³/mol. The van der Waals surface area contributed by atoms with Gasteiger partial charge in [-0.2, -0.15) is 0 Å². The fraction of sp³-hybridized carbons (Fsp3) is 0.200. The topological polar surface area (TPSA) is 108 Å². The molecule has 1 amide bonds. The number of rotatable bonds is 7. The number of hydrogen-bond acceptors (Lipinski definition) is 4. The van der Waals surface area contributed by atoms with Crippen LogP contribution in [0.1, 0.15) is 11.1 Å². The summed E-state index contributed by atoms with van der Waals surface area (Å²) in [6.07, 6.45) is 3.30. The molecule has 1 heterocycles. The van der Waals surface area contributed by atoms with Crippen molar-refractivity contribution < 1.29 is 14.7 Å². The Morgan fingerprint density at radius 2 is 1.88 bits per heavy atom. The number of carbonyl (C=O) groups is 2. The van der Waals surface area contributed by atoms with Crippen molar-refractivity contribution in [1.82, 2.24) is 10.3 Å². The summed E-state index contributed by atoms with van der Waals surface area (Å²) in [5.74, 6) is -0.221. The summed E-state index contributed by atoms with van der Waals surface area (Å²) >= 11 is 0. The smallest absolute Gasteiger partial charge is 0.237 e. The lowest BCUT2D eigenvalue weighted by atomic mass is 10.0. The van der Waals surface area contributed by atoms with E-state index in [2.05, 4.69) is 10.3 Å². The monoisotopic (exact) mass is 351 g/mol. The SMILES string of the molecule is N[C@H](Cc1ccc(O)cc1)C(=O)N[C@@H](C=O)Cc1c[nH]c2ccccc12. The molecule has 0 saturated carbocycles. The molecule has 0 fully saturated rings. The van der Waals surface area contributed by atoms with Crippen molar-refractivity contribution in [2.45, 2.75) is 24.9 Å². The number of aromatic nitrogens is 1. The summed E-state index contributed by atoms with van der Waals surface area (Å²) in [6, 6.07) is 12.9. The van der Waals surface area contributed by atoms with Crippen LogP contribution in [0.5, 0.6) is 5.75 Å². The molecule has 2 atom stereocenters. The number of nitrogens with two attached hydrogens (primary N) is 1. The second-order valence-corrected chi connectivity index (χ2v) is 6.29. The van der Waals surface area contributed by atoms with E-state index in [9.17, 15) is 14.7 Å². The van der Waals surface area contributed by atoms with Gasteiger partial charge >= 0.3 is 0 Å². The van der Waals surface area contributed by atoms with E-state index in [0.29, 0.717) is 12.8 Å². The van der Waals surface area contributed by atoms with E-state index in [4.69, 9.17) is 5.73 Å². The number of hydrogen-bond donors (Lipinski definition) is 4. The van der Waals surface area contributed by atoms with E-state index in [1.807, 2.05) is 30.5 Å². The number of phenols is 1. The fourth-order valence-electron chi connectivity index (χ4n) is 2.94. The molecule has 0 spiro atoms. The predicted octanol–water partition coefficient (Wildman–Crippen LogP) is 1.67. The second kappa shape index (κ2) is 7.84. The molecule has 0 bridgehead atoms. The minimum atomic E-state index is -0.773. The van der Waals surface area contributed by atoms with E-state index in [-0.39, 0.29) is 11.7 Å². The molecule has 0 saturated heterocycles. The van der Waals surface area contributed by atoms with E-state index in [1.54, 1.807) is 24.3 Å². The highest BCUT2D eigenvalue weighted by atomic mass is 16.3. The Labute approximate surface area is 151 Å². The quantitative estimate of drug-likeness (QED) is 0.486. The maximum atomic E-state index is 12.3. The molecule has 6 nitrogen and oxygen atoms in total. The standard InChI is InChI=1S/C20H21N3O3/c21-18(9-13-5-7-16(25)8-6-13)20(26)23-15(12-24)10-14-11-22-19-4-2-1-3-17(14)19/h1-8,11-12,15,18,22,25H,9-10,21H2,(H,23,26)/t15-,18-/m1/s1. The molecule has 0 aliphatic carbocycles. The van der Waals surface area contributed by atoms with Gasteiger partial charge in [-0.05, 0) is 35.7 Å². The number of phenolic OH excluding ortho intramolecular Hbond substituents is 1. The third-order valence-corrected chi connectivity index (χ3v) is 4.34. The van der Waals surface area contributed by atoms with Crippen LogP contribution in [0.15, 0.2) is 54.7 Å². The van der Waals surface area contributed by atoms with E-state index >= 15 is 0 Å². The van der Waals surface area contributed by atoms with Crippen LogP contribution in [-0.2, 0) is 22.4 Å². The van der Waals surface area contributed by atoms with Gasteiger partial charge in [0.25, 0.3) is 0 Å². The highest BCUT2D eigenvalue weighted by Gasteiger charge is 2.19. The molecule has 26 heavy (non-hydrogen) atoms. The molecule has 1 aromatic heterocycles. The van der Waals surface area contributed by atoms with Crippen molar-refractivity contribution in [3.05, 3.63) is 65.9 Å². The average Bonchev–Trinajstić information content (AvgIpc) is 3.06. The first kappa shape index (κ1) is 17.7. The largest absolute Gasteiger partial charge is 0.508 e. The molecular weight excluding hydrogens is 330 g/mol. The number of benzene rings is 2. The molecular formula is C20H21N3O3. The number of fused-ring (bicyclic) bond motifs is 1. The molecule has 0 aliphatic heterocycles. The molecule has 2 aromatic carbocycles. The number of para-hydroxylation sites is 1. The first-order chi connectivity index (χ1) is 12.6. The second-order valence-electron chi connectivity index (χ2n) is 6.29. The van der Waals surface area contributed by atoms with Gasteiger partial charge in [-0.3, -0.25) is 4.79 Å². The fourth-order valence-corrected chi connectivity index (χ4v) is 2.94. The first-order valence-corrected chi connectivity index (χ1v) is 8.41. The summed E-state index contributed by atoms with van der Waals surface area (Å²) in [5.41, 5.74) is 8.75. The lowest BCUT2D eigenvalue weighted by Crippen LogP contribution is -2.47. The minimum absolute atomic E-state index is 0.159. The number of amides is 1. The summed E-state index contributed by atoms with van der Waals surface area (Å²) in [4.78, 5) is 26.9. The first-order valence-electron chi connectivity index (χ1n) is 8.41. The Kier molecular flexibility index (Phi) is 5.34. The molecule has 5 N–H and O–H groups in total. The summed E-state index contributed by atoms with van der Waals surface area (Å²) in [7, 11) is 0. The lowest BCUT2D eigenvalue weighted by Gasteiger charge is -2.17. The summed E-state index contributed by atoms with van der Waals surface area (Å²) < 4.78 is 0. The molecule has 3 rings (SSSR count). The van der Waals surface area contributed by atoms with Gasteiger partial charge in [-0.15, -0.1) is 0 Å². The third-order valence-electron chi connectivity index (χ3n) is 4.34. The van der Waals surface area contributed by atoms with Gasteiger partial charge in [0.2, 0.25) is 5.91 Å². The van der Waals surface area contributed by atoms with Crippen LogP contribution in [0.2, 0.25) is 0 Å². The van der Waals surface area contributed by atoms with Crippen molar-refractivity contribution in [2.24, 2.45) is 5.73 Å². The normalized spacial score (nSPS) is 13.3. The lowest BCUT2D eigenvalue weighted by molar-refractivity contribution is -0.125. The number of aromatic amines is 1. The zero-order valence-corrected chi connectivity index (χ0v) is 14.2. The maximum Gasteiger partial charge on any atom is 0.237 e. The van der Waals surface area contributed by atoms with E-state index in [0.717, 1.165) is 28.3 Å². The Balaban J connectivity index is 1.62. The number of carbonyl (C=O) groups excluding carboxylic acids is 2. The van der Waals surface area contributed by atoms with Gasteiger partial charge in [0.1, 0.15) is 12.0 Å². The molecule has 0 unspecified atom stereocenters. The van der Waals surface area contributed by atoms with Gasteiger partial charge in [-0.25, -0.2) is 0 Å². The van der Waals surface area contributed by atoms with E-state index < -0.39 is 12.1 Å². The van der Waals surface area contributed by atoms with Gasteiger partial charge in [0.15, 0.2) is 0 Å².